The van der Waals surface area contributed by atoms with Gasteiger partial charge < -0.3 is 27.6 Å². The van der Waals surface area contributed by atoms with Crippen molar-refractivity contribution in [2.24, 2.45) is 22.2 Å². The Morgan fingerprint density at radius 2 is 1.27 bits per heavy atom. The van der Waals surface area contributed by atoms with E-state index in [-0.39, 0.29) is 25.7 Å². The summed E-state index contributed by atoms with van der Waals surface area (Å²) in [6.07, 6.45) is 8.96. The van der Waals surface area contributed by atoms with Crippen LogP contribution in [0.25, 0.3) is 0 Å². The molecule has 0 aliphatic rings. The Bertz CT molecular complexity index is 743. The number of amides is 4. The summed E-state index contributed by atoms with van der Waals surface area (Å²) < 4.78 is 0. The maximum Gasteiger partial charge on any atom is 0.328 e. The van der Waals surface area contributed by atoms with Gasteiger partial charge in [0, 0.05) is 12.8 Å². The summed E-state index contributed by atoms with van der Waals surface area (Å²) in [6, 6.07) is -2.40. The molecule has 1 unspecified atom stereocenters. The Kier molecular flexibility index (Phi) is 18.4. The first-order chi connectivity index (χ1) is 17.5. The van der Waals surface area contributed by atoms with Gasteiger partial charge in [0.2, 0.25) is 17.7 Å². The van der Waals surface area contributed by atoms with E-state index < -0.39 is 54.2 Å². The highest BCUT2D eigenvalue weighted by molar-refractivity contribution is 6.11. The van der Waals surface area contributed by atoms with Crippen molar-refractivity contribution in [1.29, 1.82) is 0 Å². The summed E-state index contributed by atoms with van der Waals surface area (Å²) in [6.45, 7) is 3.59. The molecule has 0 radical (unpaired) electrons. The zero-order valence-corrected chi connectivity index (χ0v) is 22.4. The number of carbonyl (C=O) groups excluding carboxylic acids is 4. The molecule has 0 aromatic rings. The number of carbonyl (C=O) groups is 5. The lowest BCUT2D eigenvalue weighted by Gasteiger charge is -2.20. The Balaban J connectivity index is 5.01. The Morgan fingerprint density at radius 1 is 0.784 bits per heavy atom. The number of rotatable bonds is 20. The molecule has 12 nitrogen and oxygen atoms in total. The minimum atomic E-state index is -1.27. The van der Waals surface area contributed by atoms with Gasteiger partial charge in [-0.25, -0.2) is 14.7 Å². The molecular formula is C25H46N6O6. The predicted octanol–water partition coefficient (Wildman–Crippen LogP) is 1.54. The number of aliphatic carboxylic acids is 1. The molecule has 0 fully saturated rings. The third kappa shape index (κ3) is 15.6. The van der Waals surface area contributed by atoms with Gasteiger partial charge in [0.15, 0.2) is 12.0 Å². The molecule has 12 heteroatoms. The summed E-state index contributed by atoms with van der Waals surface area (Å²) >= 11 is 0. The average molecular weight is 527 g/mol. The van der Waals surface area contributed by atoms with Gasteiger partial charge in [0.25, 0.3) is 5.91 Å². The number of carboxylic acids is 1. The fraction of sp³-hybridized carbons (Fsp3) is 0.760. The van der Waals surface area contributed by atoms with E-state index in [1.165, 1.54) is 0 Å². The predicted molar refractivity (Wildman–Crippen MR) is 141 cm³/mol. The first-order valence-electron chi connectivity index (χ1n) is 13.3. The molecule has 4 amide bonds. The maximum absolute atomic E-state index is 12.8. The fourth-order valence-corrected chi connectivity index (χ4v) is 3.67. The first-order valence-corrected chi connectivity index (χ1v) is 13.3. The van der Waals surface area contributed by atoms with Gasteiger partial charge in [-0.15, -0.1) is 0 Å². The topological polar surface area (TPSA) is 211 Å². The highest BCUT2D eigenvalue weighted by Crippen LogP contribution is 2.11. The van der Waals surface area contributed by atoms with E-state index in [1.807, 2.05) is 0 Å². The summed E-state index contributed by atoms with van der Waals surface area (Å²) in [5.74, 6) is -4.35. The highest BCUT2D eigenvalue weighted by atomic mass is 16.4. The van der Waals surface area contributed by atoms with Gasteiger partial charge in [-0.05, 0) is 25.7 Å². The monoisotopic (exact) mass is 526 g/mol. The van der Waals surface area contributed by atoms with Crippen LogP contribution in [0, 0.1) is 0 Å². The van der Waals surface area contributed by atoms with Crippen LogP contribution < -0.4 is 22.5 Å². The third-order valence-corrected chi connectivity index (χ3v) is 5.83. The Hall–Kier alpha value is -3.02. The zero-order chi connectivity index (χ0) is 28.2. The van der Waals surface area contributed by atoms with Crippen molar-refractivity contribution in [2.45, 2.75) is 116 Å². The van der Waals surface area contributed by atoms with Gasteiger partial charge in [-0.2, -0.15) is 0 Å². The molecule has 212 valence electrons. The van der Waals surface area contributed by atoms with Gasteiger partial charge in [0.1, 0.15) is 0 Å². The van der Waals surface area contributed by atoms with Crippen LogP contribution in [0.3, 0.4) is 0 Å². The lowest BCUT2D eigenvalue weighted by molar-refractivity contribution is -0.154. The number of imide groups is 3. The van der Waals surface area contributed by atoms with Crippen LogP contribution in [-0.2, 0) is 24.0 Å². The van der Waals surface area contributed by atoms with Crippen LogP contribution in [0.1, 0.15) is 104 Å². The number of carboxylic acid groups (broad SMARTS) is 1. The molecule has 0 spiro atoms. The number of unbranched alkanes of at least 4 members (excludes halogenated alkanes) is 8. The Labute approximate surface area is 219 Å². The normalized spacial score (nSPS) is 12.3. The molecule has 0 aromatic heterocycles. The standard InChI is InChI=1S/C25H46N6O6/c1-3-5-7-9-11-13-20(32)31(21(33)14-12-10-8-6-4-2)22(34)17-29-23(35)18(26)15-16-19(24(36)37)30-25(27)28/h18-19H,3-17,26H2,1-2H3,(H,29,35)(H,36,37)(H4,27,28,30)/t18-,19?/m0/s1. The van der Waals surface area contributed by atoms with Gasteiger partial charge >= 0.3 is 5.97 Å². The molecular weight excluding hydrogens is 480 g/mol. The third-order valence-electron chi connectivity index (χ3n) is 5.83. The maximum atomic E-state index is 12.8. The lowest BCUT2D eigenvalue weighted by Crippen LogP contribution is -2.49. The minimum Gasteiger partial charge on any atom is -0.480 e. The molecule has 8 N–H and O–H groups in total. The number of aliphatic imine (C=N–C) groups is 1. The van der Waals surface area contributed by atoms with Crippen LogP contribution in [0.2, 0.25) is 0 Å². The number of hydrogen-bond donors (Lipinski definition) is 5. The van der Waals surface area contributed by atoms with E-state index >= 15 is 0 Å². The van der Waals surface area contributed by atoms with Crippen molar-refractivity contribution < 1.29 is 29.1 Å². The minimum absolute atomic E-state index is 0.0646. The molecule has 0 saturated carbocycles. The van der Waals surface area contributed by atoms with Crippen LogP contribution in [-0.4, -0.2) is 64.2 Å². The summed E-state index contributed by atoms with van der Waals surface area (Å²) in [5.41, 5.74) is 16.2. The molecule has 0 bridgehead atoms. The van der Waals surface area contributed by atoms with E-state index in [0.717, 1.165) is 51.4 Å². The molecule has 0 heterocycles. The van der Waals surface area contributed by atoms with Crippen LogP contribution in [0.15, 0.2) is 4.99 Å². The van der Waals surface area contributed by atoms with Crippen molar-refractivity contribution in [3.63, 3.8) is 0 Å². The molecule has 0 aliphatic carbocycles. The van der Waals surface area contributed by atoms with Crippen LogP contribution in [0.5, 0.6) is 0 Å². The smallest absolute Gasteiger partial charge is 0.328 e. The molecule has 0 aromatic carbocycles. The van der Waals surface area contributed by atoms with Gasteiger partial charge in [-0.1, -0.05) is 65.2 Å². The fourth-order valence-electron chi connectivity index (χ4n) is 3.67. The summed E-state index contributed by atoms with van der Waals surface area (Å²) in [4.78, 5) is 66.1. The van der Waals surface area contributed by atoms with Crippen molar-refractivity contribution in [3.8, 4) is 0 Å². The lowest BCUT2D eigenvalue weighted by atomic mass is 10.1. The zero-order valence-electron chi connectivity index (χ0n) is 22.4. The van der Waals surface area contributed by atoms with Crippen LogP contribution >= 0.6 is 0 Å². The first kappa shape index (κ1) is 34.0. The molecule has 2 atom stereocenters. The molecule has 0 rings (SSSR count). The number of hydrogen-bond acceptors (Lipinski definition) is 7. The summed E-state index contributed by atoms with van der Waals surface area (Å²) in [5, 5.41) is 11.5. The SMILES string of the molecule is CCCCCCCC(=O)N(C(=O)CCCCCCC)C(=O)CNC(=O)[C@@H](N)CCC(N=C(N)N)C(=O)O. The van der Waals surface area contributed by atoms with E-state index in [0.29, 0.717) is 17.7 Å². The second-order valence-electron chi connectivity index (χ2n) is 9.15. The highest BCUT2D eigenvalue weighted by Gasteiger charge is 2.28. The van der Waals surface area contributed by atoms with Gasteiger partial charge in [-0.3, -0.25) is 19.2 Å². The largest absolute Gasteiger partial charge is 0.480 e. The Morgan fingerprint density at radius 3 is 1.70 bits per heavy atom. The van der Waals surface area contributed by atoms with Crippen molar-refractivity contribution >= 4 is 35.6 Å². The quantitative estimate of drug-likeness (QED) is 0.0882. The van der Waals surface area contributed by atoms with Crippen molar-refractivity contribution in [1.82, 2.24) is 10.2 Å². The number of nitrogens with one attached hydrogen (secondary N) is 1. The van der Waals surface area contributed by atoms with Crippen molar-refractivity contribution in [2.75, 3.05) is 6.54 Å². The summed E-state index contributed by atoms with van der Waals surface area (Å²) in [7, 11) is 0. The second-order valence-corrected chi connectivity index (χ2v) is 9.15. The molecule has 0 aliphatic heterocycles. The molecule has 0 saturated heterocycles. The van der Waals surface area contributed by atoms with E-state index in [9.17, 15) is 24.0 Å². The second kappa shape index (κ2) is 20.1. The average Bonchev–Trinajstić information content (AvgIpc) is 2.84. The van der Waals surface area contributed by atoms with E-state index in [1.54, 1.807) is 0 Å². The van der Waals surface area contributed by atoms with E-state index in [2.05, 4.69) is 24.2 Å². The number of guanidine groups is 1. The molecule has 37 heavy (non-hydrogen) atoms. The van der Waals surface area contributed by atoms with Crippen molar-refractivity contribution in [3.05, 3.63) is 0 Å². The number of nitrogens with zero attached hydrogens (tertiary/aromatic N) is 2. The van der Waals surface area contributed by atoms with Crippen LogP contribution in [0.4, 0.5) is 0 Å². The number of nitrogens with two attached hydrogens (primary N) is 3. The van der Waals surface area contributed by atoms with E-state index in [4.69, 9.17) is 22.3 Å². The van der Waals surface area contributed by atoms with Gasteiger partial charge in [0.05, 0.1) is 12.6 Å².